The maximum absolute atomic E-state index is 13.7. The highest BCUT2D eigenvalue weighted by molar-refractivity contribution is 5.96. The Kier molecular flexibility index (Phi) is 8.51. The van der Waals surface area contributed by atoms with Crippen molar-refractivity contribution < 1.29 is 38.8 Å². The molecule has 11 nitrogen and oxygen atoms in total. The molecule has 0 spiro atoms. The van der Waals surface area contributed by atoms with Crippen LogP contribution in [0.15, 0.2) is 23.8 Å². The lowest BCUT2D eigenvalue weighted by atomic mass is 9.76. The molecule has 3 N–H and O–H groups in total. The summed E-state index contributed by atoms with van der Waals surface area (Å²) >= 11 is 0. The van der Waals surface area contributed by atoms with E-state index in [0.29, 0.717) is 60.8 Å². The zero-order valence-corrected chi connectivity index (χ0v) is 22.2. The number of rotatable bonds is 10. The fourth-order valence-corrected chi connectivity index (χ4v) is 5.93. The summed E-state index contributed by atoms with van der Waals surface area (Å²) < 4.78 is 17.2. The Morgan fingerprint density at radius 3 is 2.67 bits per heavy atom. The lowest BCUT2D eigenvalue weighted by Gasteiger charge is -2.43. The Labute approximate surface area is 227 Å². The molecule has 2 aliphatic heterocycles. The van der Waals surface area contributed by atoms with Crippen LogP contribution in [0.2, 0.25) is 0 Å². The molecule has 0 bridgehead atoms. The fraction of sp³-hybridized carbons (Fsp3) is 0.607. The van der Waals surface area contributed by atoms with Gasteiger partial charge in [0.25, 0.3) is 0 Å². The van der Waals surface area contributed by atoms with Crippen molar-refractivity contribution in [3.63, 3.8) is 0 Å². The van der Waals surface area contributed by atoms with Gasteiger partial charge in [0.15, 0.2) is 11.5 Å². The van der Waals surface area contributed by atoms with Gasteiger partial charge in [0.05, 0.1) is 38.9 Å². The van der Waals surface area contributed by atoms with Crippen LogP contribution in [0.4, 0.5) is 0 Å². The monoisotopic (exact) mass is 543 g/mol. The number of carbonyl (C=O) groups excluding carboxylic acids is 3. The SMILES string of the molecule is COc1cc(C=O)cc2c1O[C@@H]1[C@@H](O)[C@H](N(CCN3CCOCC3)C(=O)C3CCC3)C=C(C(=O)NCCO)[C@H]21. The molecule has 0 aromatic heterocycles. The number of aliphatic hydroxyl groups is 2. The van der Waals surface area contributed by atoms with Crippen LogP contribution < -0.4 is 14.8 Å². The number of aliphatic hydroxyl groups excluding tert-OH is 2. The molecule has 2 aliphatic carbocycles. The number of nitrogens with zero attached hydrogens (tertiary/aromatic N) is 2. The molecule has 5 rings (SSSR count). The number of amides is 2. The van der Waals surface area contributed by atoms with Gasteiger partial charge in [0.1, 0.15) is 18.5 Å². The number of ether oxygens (including phenoxy) is 3. The van der Waals surface area contributed by atoms with Gasteiger partial charge in [-0.05, 0) is 31.1 Å². The third-order valence-corrected chi connectivity index (χ3v) is 8.27. The van der Waals surface area contributed by atoms with Crippen molar-refractivity contribution in [1.82, 2.24) is 15.1 Å². The van der Waals surface area contributed by atoms with E-state index >= 15 is 0 Å². The zero-order chi connectivity index (χ0) is 27.5. The van der Waals surface area contributed by atoms with Crippen molar-refractivity contribution in [1.29, 1.82) is 0 Å². The van der Waals surface area contributed by atoms with Gasteiger partial charge in [-0.3, -0.25) is 19.3 Å². The summed E-state index contributed by atoms with van der Waals surface area (Å²) in [4.78, 5) is 42.7. The lowest BCUT2D eigenvalue weighted by Crippen LogP contribution is -2.58. The number of carbonyl (C=O) groups is 3. The van der Waals surface area contributed by atoms with Crippen LogP contribution in [0.3, 0.4) is 0 Å². The average molecular weight is 544 g/mol. The van der Waals surface area contributed by atoms with Crippen molar-refractivity contribution in [3.8, 4) is 11.5 Å². The molecule has 1 aromatic rings. The van der Waals surface area contributed by atoms with Gasteiger partial charge >= 0.3 is 0 Å². The van der Waals surface area contributed by atoms with Gasteiger partial charge in [0, 0.05) is 55.3 Å². The van der Waals surface area contributed by atoms with Crippen LogP contribution >= 0.6 is 0 Å². The van der Waals surface area contributed by atoms with Crippen LogP contribution in [0, 0.1) is 5.92 Å². The Balaban J connectivity index is 1.52. The normalized spacial score (nSPS) is 26.4. The molecule has 0 radical (unpaired) electrons. The molecular formula is C28H37N3O8. The van der Waals surface area contributed by atoms with E-state index in [-0.39, 0.29) is 25.0 Å². The van der Waals surface area contributed by atoms with E-state index < -0.39 is 30.1 Å². The highest BCUT2D eigenvalue weighted by Gasteiger charge is 2.52. The predicted octanol–water partition coefficient (Wildman–Crippen LogP) is 0.0912. The highest BCUT2D eigenvalue weighted by Crippen LogP contribution is 2.51. The molecule has 4 atom stereocenters. The van der Waals surface area contributed by atoms with Gasteiger partial charge in [-0.1, -0.05) is 6.42 Å². The van der Waals surface area contributed by atoms with Gasteiger partial charge in [-0.25, -0.2) is 0 Å². The van der Waals surface area contributed by atoms with Crippen LogP contribution in [0.1, 0.15) is 41.1 Å². The number of methoxy groups -OCH3 is 1. The van der Waals surface area contributed by atoms with Gasteiger partial charge in [-0.15, -0.1) is 0 Å². The number of fused-ring (bicyclic) bond motifs is 3. The van der Waals surface area contributed by atoms with E-state index in [9.17, 15) is 24.6 Å². The average Bonchev–Trinajstić information content (AvgIpc) is 3.32. The molecule has 1 saturated carbocycles. The second-order valence-corrected chi connectivity index (χ2v) is 10.5. The minimum Gasteiger partial charge on any atom is -0.493 e. The fourth-order valence-electron chi connectivity index (χ4n) is 5.93. The van der Waals surface area contributed by atoms with Crippen molar-refractivity contribution in [2.45, 2.75) is 43.4 Å². The maximum atomic E-state index is 13.7. The molecule has 212 valence electrons. The van der Waals surface area contributed by atoms with Crippen molar-refractivity contribution in [2.75, 3.05) is 59.7 Å². The maximum Gasteiger partial charge on any atom is 0.247 e. The Hall–Kier alpha value is -2.99. The van der Waals surface area contributed by atoms with E-state index in [0.717, 1.165) is 32.4 Å². The lowest BCUT2D eigenvalue weighted by molar-refractivity contribution is -0.144. The van der Waals surface area contributed by atoms with Crippen LogP contribution in [0.25, 0.3) is 0 Å². The van der Waals surface area contributed by atoms with Crippen LogP contribution in [0.5, 0.6) is 11.5 Å². The molecular weight excluding hydrogens is 506 g/mol. The summed E-state index contributed by atoms with van der Waals surface area (Å²) in [6.45, 7) is 3.64. The van der Waals surface area contributed by atoms with Crippen molar-refractivity contribution in [3.05, 3.63) is 34.9 Å². The number of hydrogen-bond acceptors (Lipinski definition) is 9. The summed E-state index contributed by atoms with van der Waals surface area (Å²) in [6.07, 6.45) is 2.97. The van der Waals surface area contributed by atoms with E-state index in [1.54, 1.807) is 23.1 Å². The first-order valence-electron chi connectivity index (χ1n) is 13.7. The van der Waals surface area contributed by atoms with Crippen LogP contribution in [-0.2, 0) is 14.3 Å². The topological polar surface area (TPSA) is 138 Å². The van der Waals surface area contributed by atoms with Crippen LogP contribution in [-0.4, -0.2) is 116 Å². The standard InChI is InChI=1S/C28H37N3O8/c1-37-22-14-17(16-33)13-19-23-20(27(35)29-5-10-32)15-21(24(34)26(23)39-25(19)22)31(28(36)18-3-2-4-18)7-6-30-8-11-38-12-9-30/h13-16,18,21,23-24,26,32,34H,2-12H2,1H3,(H,29,35)/t21-,23+,24+,26+/m1/s1. The summed E-state index contributed by atoms with van der Waals surface area (Å²) in [6, 6.07) is 2.41. The summed E-state index contributed by atoms with van der Waals surface area (Å²) in [5.41, 5.74) is 1.24. The molecule has 2 amide bonds. The molecule has 1 saturated heterocycles. The van der Waals surface area contributed by atoms with E-state index in [4.69, 9.17) is 14.2 Å². The van der Waals surface area contributed by atoms with Gasteiger partial charge < -0.3 is 34.6 Å². The van der Waals surface area contributed by atoms with Crippen molar-refractivity contribution in [2.24, 2.45) is 5.92 Å². The predicted molar refractivity (Wildman–Crippen MR) is 140 cm³/mol. The minimum atomic E-state index is -1.13. The Morgan fingerprint density at radius 2 is 2.03 bits per heavy atom. The Bertz CT molecular complexity index is 1110. The second kappa shape index (κ2) is 12.0. The minimum absolute atomic E-state index is 0.0280. The number of hydrogen-bond donors (Lipinski definition) is 3. The largest absolute Gasteiger partial charge is 0.493 e. The van der Waals surface area contributed by atoms with E-state index in [1.165, 1.54) is 7.11 Å². The van der Waals surface area contributed by atoms with Gasteiger partial charge in [-0.2, -0.15) is 0 Å². The van der Waals surface area contributed by atoms with E-state index in [2.05, 4.69) is 10.2 Å². The molecule has 11 heteroatoms. The first kappa shape index (κ1) is 27.6. The third-order valence-electron chi connectivity index (χ3n) is 8.27. The van der Waals surface area contributed by atoms with Crippen molar-refractivity contribution >= 4 is 18.1 Å². The second-order valence-electron chi connectivity index (χ2n) is 10.5. The number of aldehydes is 1. The Morgan fingerprint density at radius 1 is 1.26 bits per heavy atom. The molecule has 4 aliphatic rings. The number of nitrogens with one attached hydrogen (secondary N) is 1. The molecule has 2 heterocycles. The highest BCUT2D eigenvalue weighted by atomic mass is 16.5. The smallest absolute Gasteiger partial charge is 0.247 e. The summed E-state index contributed by atoms with van der Waals surface area (Å²) in [5, 5.41) is 23.8. The number of benzene rings is 1. The third kappa shape index (κ3) is 5.41. The quantitative estimate of drug-likeness (QED) is 0.351. The molecule has 2 fully saturated rings. The number of morpholine rings is 1. The first-order valence-corrected chi connectivity index (χ1v) is 13.7. The zero-order valence-electron chi connectivity index (χ0n) is 22.2. The molecule has 1 aromatic carbocycles. The van der Waals surface area contributed by atoms with Gasteiger partial charge in [0.2, 0.25) is 11.8 Å². The van der Waals surface area contributed by atoms with E-state index in [1.807, 2.05) is 0 Å². The summed E-state index contributed by atoms with van der Waals surface area (Å²) in [7, 11) is 1.46. The molecule has 0 unspecified atom stereocenters. The first-order chi connectivity index (χ1) is 19.0. The molecule has 39 heavy (non-hydrogen) atoms. The summed E-state index contributed by atoms with van der Waals surface area (Å²) in [5.74, 6) is -0.538.